The zero-order valence-electron chi connectivity index (χ0n) is 19.4. The Bertz CT molecular complexity index is 841. The molecule has 0 aliphatic carbocycles. The third kappa shape index (κ3) is 8.39. The molecule has 0 amide bonds. The summed E-state index contributed by atoms with van der Waals surface area (Å²) in [5.74, 6) is -0.511. The molecular formula is C21H36N4O4S. The fourth-order valence-corrected chi connectivity index (χ4v) is 4.00. The van der Waals surface area contributed by atoms with Crippen LogP contribution in [0.15, 0.2) is 33.4 Å². The first-order valence-electron chi connectivity index (χ1n) is 10.3. The van der Waals surface area contributed by atoms with Gasteiger partial charge in [0.25, 0.3) is 0 Å². The Morgan fingerprint density at radius 3 is 2.30 bits per heavy atom. The van der Waals surface area contributed by atoms with Crippen molar-refractivity contribution in [1.29, 1.82) is 0 Å². The van der Waals surface area contributed by atoms with Crippen LogP contribution in [-0.4, -0.2) is 44.1 Å². The van der Waals surface area contributed by atoms with Crippen molar-refractivity contribution in [3.05, 3.63) is 23.8 Å². The highest BCUT2D eigenvalue weighted by molar-refractivity contribution is 7.89. The number of esters is 1. The highest BCUT2D eigenvalue weighted by atomic mass is 32.2. The van der Waals surface area contributed by atoms with E-state index >= 15 is 0 Å². The van der Waals surface area contributed by atoms with Gasteiger partial charge in [0.15, 0.2) is 0 Å². The molecular weight excluding hydrogens is 404 g/mol. The van der Waals surface area contributed by atoms with Gasteiger partial charge in [0.05, 0.1) is 0 Å². The minimum Gasteiger partial charge on any atom is -0.459 e. The number of nitrogens with zero attached hydrogens (tertiary/aromatic N) is 3. The monoisotopic (exact) mass is 440 g/mol. The smallest absolute Gasteiger partial charge is 0.324 e. The highest BCUT2D eigenvalue weighted by Gasteiger charge is 2.31. The molecule has 1 unspecified atom stereocenters. The lowest BCUT2D eigenvalue weighted by molar-refractivity contribution is -0.157. The molecule has 0 aliphatic heterocycles. The Morgan fingerprint density at radius 2 is 1.80 bits per heavy atom. The zero-order valence-corrected chi connectivity index (χ0v) is 20.2. The molecule has 0 radical (unpaired) electrons. The molecule has 0 fully saturated rings. The summed E-state index contributed by atoms with van der Waals surface area (Å²) in [7, 11) is -4.04. The number of nitrogens with one attached hydrogen (secondary N) is 1. The number of carbonyl (C=O) groups excluding carboxylic acids is 1. The molecule has 1 atom stereocenters. The molecule has 30 heavy (non-hydrogen) atoms. The summed E-state index contributed by atoms with van der Waals surface area (Å²) < 4.78 is 34.3. The second kappa shape index (κ2) is 10.9. The van der Waals surface area contributed by atoms with Crippen LogP contribution < -0.4 is 4.72 Å². The highest BCUT2D eigenvalue weighted by Crippen LogP contribution is 2.27. The van der Waals surface area contributed by atoms with Crippen LogP contribution in [0.5, 0.6) is 0 Å². The normalized spacial score (nSPS) is 13.6. The van der Waals surface area contributed by atoms with E-state index in [0.717, 1.165) is 5.56 Å². The Balaban J connectivity index is 3.29. The van der Waals surface area contributed by atoms with Crippen molar-refractivity contribution in [3.63, 3.8) is 0 Å². The van der Waals surface area contributed by atoms with Crippen LogP contribution in [0.3, 0.4) is 0 Å². The van der Waals surface area contributed by atoms with E-state index < -0.39 is 27.6 Å². The quantitative estimate of drug-likeness (QED) is 0.331. The van der Waals surface area contributed by atoms with Crippen LogP contribution in [0.2, 0.25) is 0 Å². The van der Waals surface area contributed by atoms with Gasteiger partial charge in [-0.1, -0.05) is 25.1 Å². The molecule has 170 valence electrons. The van der Waals surface area contributed by atoms with Crippen molar-refractivity contribution in [2.45, 2.75) is 78.3 Å². The number of aryl methyl sites for hydroxylation is 1. The van der Waals surface area contributed by atoms with Crippen molar-refractivity contribution in [1.82, 2.24) is 9.73 Å². The van der Waals surface area contributed by atoms with Crippen LogP contribution in [0.1, 0.15) is 60.5 Å². The number of benzene rings is 1. The van der Waals surface area contributed by atoms with Crippen molar-refractivity contribution in [2.24, 2.45) is 16.3 Å². The summed E-state index contributed by atoms with van der Waals surface area (Å²) in [6, 6.07) is 3.83. The third-order valence-electron chi connectivity index (χ3n) is 4.11. The van der Waals surface area contributed by atoms with E-state index in [2.05, 4.69) is 15.1 Å². The molecule has 0 saturated carbocycles. The minimum atomic E-state index is -4.04. The van der Waals surface area contributed by atoms with E-state index in [0.29, 0.717) is 19.5 Å². The molecule has 1 N–H and O–H groups in total. The summed E-state index contributed by atoms with van der Waals surface area (Å²) in [5.41, 5.74) is 0.361. The van der Waals surface area contributed by atoms with Gasteiger partial charge in [-0.15, -0.1) is 5.11 Å². The van der Waals surface area contributed by atoms with E-state index in [4.69, 9.17) is 4.74 Å². The average Bonchev–Trinajstić information content (AvgIpc) is 2.59. The van der Waals surface area contributed by atoms with Crippen LogP contribution in [0, 0.1) is 12.8 Å². The summed E-state index contributed by atoms with van der Waals surface area (Å²) >= 11 is 0. The lowest BCUT2D eigenvalue weighted by Crippen LogP contribution is -2.44. The lowest BCUT2D eigenvalue weighted by atomic mass is 10.0. The maximum Gasteiger partial charge on any atom is 0.324 e. The molecule has 8 nitrogen and oxygen atoms in total. The topological polar surface area (TPSA) is 100 Å². The van der Waals surface area contributed by atoms with Gasteiger partial charge in [0.2, 0.25) is 10.0 Å². The molecule has 1 aromatic rings. The average molecular weight is 441 g/mol. The molecule has 0 saturated heterocycles. The van der Waals surface area contributed by atoms with Crippen molar-refractivity contribution in [2.75, 3.05) is 13.1 Å². The lowest BCUT2D eigenvalue weighted by Gasteiger charge is -2.25. The summed E-state index contributed by atoms with van der Waals surface area (Å²) in [5, 5.41) is 10.0. The van der Waals surface area contributed by atoms with Gasteiger partial charge in [0, 0.05) is 13.1 Å². The second-order valence-electron chi connectivity index (χ2n) is 8.64. The zero-order chi connectivity index (χ0) is 23.1. The number of carbonyl (C=O) groups is 1. The second-order valence-corrected chi connectivity index (χ2v) is 10.3. The van der Waals surface area contributed by atoms with Gasteiger partial charge in [-0.2, -0.15) is 4.72 Å². The van der Waals surface area contributed by atoms with E-state index in [1.54, 1.807) is 37.9 Å². The van der Waals surface area contributed by atoms with Gasteiger partial charge < -0.3 is 4.74 Å². The van der Waals surface area contributed by atoms with Gasteiger partial charge in [-0.05, 0) is 71.6 Å². The maximum atomic E-state index is 13.2. The van der Waals surface area contributed by atoms with Crippen LogP contribution in [0.4, 0.5) is 5.69 Å². The van der Waals surface area contributed by atoms with Gasteiger partial charge in [-0.25, -0.2) is 8.42 Å². The van der Waals surface area contributed by atoms with Crippen LogP contribution >= 0.6 is 0 Å². The van der Waals surface area contributed by atoms with E-state index in [1.165, 1.54) is 6.07 Å². The number of rotatable bonds is 10. The molecule has 0 aliphatic rings. The Labute approximate surface area is 181 Å². The number of hydrogen-bond acceptors (Lipinski definition) is 6. The van der Waals surface area contributed by atoms with Crippen LogP contribution in [0.25, 0.3) is 0 Å². The molecule has 0 aromatic heterocycles. The Morgan fingerprint density at radius 1 is 1.20 bits per heavy atom. The first kappa shape index (κ1) is 26.0. The minimum absolute atomic E-state index is 0.0266. The van der Waals surface area contributed by atoms with E-state index in [1.807, 2.05) is 34.6 Å². The summed E-state index contributed by atoms with van der Waals surface area (Å²) in [6.07, 6.45) is 0.316. The molecule has 1 aromatic carbocycles. The Hall–Kier alpha value is -2.00. The summed E-state index contributed by atoms with van der Waals surface area (Å²) in [4.78, 5) is 12.6. The fraction of sp³-hybridized carbons (Fsp3) is 0.667. The molecule has 0 bridgehead atoms. The molecule has 0 heterocycles. The molecule has 0 spiro atoms. The standard InChI is InChI=1S/C21H36N4O4S/c1-9-25(10-2)24-22-17-14-16(5)11-12-19(17)30(27,28)23-18(13-15(3)4)20(26)29-21(6,7)8/h11-12,14-15,18,23H,9-10,13H2,1-8H3. The predicted octanol–water partition coefficient (Wildman–Crippen LogP) is 4.37. The van der Waals surface area contributed by atoms with Crippen molar-refractivity contribution in [3.8, 4) is 0 Å². The number of ether oxygens (including phenoxy) is 1. The third-order valence-corrected chi connectivity index (χ3v) is 5.63. The molecule has 9 heteroatoms. The number of hydrogen-bond donors (Lipinski definition) is 1. The van der Waals surface area contributed by atoms with Gasteiger partial charge in [0.1, 0.15) is 22.2 Å². The largest absolute Gasteiger partial charge is 0.459 e. The summed E-state index contributed by atoms with van der Waals surface area (Å²) in [6.45, 7) is 16.1. The maximum absolute atomic E-state index is 13.2. The van der Waals surface area contributed by atoms with Crippen molar-refractivity contribution < 1.29 is 17.9 Å². The van der Waals surface area contributed by atoms with Gasteiger partial charge in [-0.3, -0.25) is 9.80 Å². The molecule has 1 rings (SSSR count). The predicted molar refractivity (Wildman–Crippen MR) is 118 cm³/mol. The van der Waals surface area contributed by atoms with E-state index in [-0.39, 0.29) is 16.5 Å². The Kier molecular flexibility index (Phi) is 9.42. The first-order valence-corrected chi connectivity index (χ1v) is 11.8. The van der Waals surface area contributed by atoms with E-state index in [9.17, 15) is 13.2 Å². The first-order chi connectivity index (χ1) is 13.8. The SMILES string of the molecule is CCN(CC)N=Nc1cc(C)ccc1S(=O)(=O)NC(CC(C)C)C(=O)OC(C)(C)C. The van der Waals surface area contributed by atoms with Gasteiger partial charge >= 0.3 is 5.97 Å². The fourth-order valence-electron chi connectivity index (χ4n) is 2.68. The van der Waals surface area contributed by atoms with Crippen LogP contribution in [-0.2, 0) is 19.6 Å². The number of sulfonamides is 1. The van der Waals surface area contributed by atoms with Crippen molar-refractivity contribution >= 4 is 21.7 Å².